The van der Waals surface area contributed by atoms with Crippen LogP contribution in [-0.4, -0.2) is 15.0 Å². The Morgan fingerprint density at radius 2 is 2.62 bits per heavy atom. The van der Waals surface area contributed by atoms with E-state index in [0.29, 0.717) is 0 Å². The molecular formula is C3H4N2S3. The Hall–Kier alpha value is 0.130. The van der Waals surface area contributed by atoms with Gasteiger partial charge >= 0.3 is 0 Å². The summed E-state index contributed by atoms with van der Waals surface area (Å²) >= 11 is 7.71. The van der Waals surface area contributed by atoms with Crippen LogP contribution in [0, 0.1) is 4.64 Å². The molecule has 0 amide bonds. The van der Waals surface area contributed by atoms with E-state index in [1.165, 1.54) is 11.7 Å². The number of nitrogens with zero attached hydrogens (tertiary/aromatic N) is 1. The number of aromatic nitrogens is 2. The highest BCUT2D eigenvalue weighted by molar-refractivity contribution is 7.98. The Morgan fingerprint density at radius 3 is 2.88 bits per heavy atom. The molecule has 44 valence electrons. The van der Waals surface area contributed by atoms with Crippen LogP contribution in [0.5, 0.6) is 0 Å². The summed E-state index contributed by atoms with van der Waals surface area (Å²) in [7, 11) is 0. The van der Waals surface area contributed by atoms with Crippen molar-refractivity contribution in [2.75, 3.05) is 6.26 Å². The van der Waals surface area contributed by atoms with Crippen molar-refractivity contribution in [3.05, 3.63) is 4.64 Å². The average Bonchev–Trinajstić information content (AvgIpc) is 2.14. The van der Waals surface area contributed by atoms with Gasteiger partial charge in [-0.2, -0.15) is 4.37 Å². The van der Waals surface area contributed by atoms with Gasteiger partial charge in [-0.3, -0.25) is 4.37 Å². The molecule has 1 N–H and O–H groups in total. The molecule has 0 unspecified atom stereocenters. The van der Waals surface area contributed by atoms with E-state index in [9.17, 15) is 0 Å². The van der Waals surface area contributed by atoms with Crippen LogP contribution in [0.4, 0.5) is 0 Å². The maximum absolute atomic E-state index is 4.86. The number of hydrogen-bond donors (Lipinski definition) is 1. The van der Waals surface area contributed by atoms with Gasteiger partial charge in [0, 0.05) is 11.7 Å². The van der Waals surface area contributed by atoms with E-state index >= 15 is 0 Å². The zero-order valence-electron chi connectivity index (χ0n) is 4.17. The summed E-state index contributed by atoms with van der Waals surface area (Å²) in [5, 5.41) is 0.921. The Balaban J connectivity index is 3.11. The number of nitrogens with one attached hydrogen (secondary N) is 1. The van der Waals surface area contributed by atoms with Crippen molar-refractivity contribution in [3.63, 3.8) is 0 Å². The number of aromatic amines is 1. The molecule has 0 bridgehead atoms. The average molecular weight is 164 g/mol. The second kappa shape index (κ2) is 2.61. The van der Waals surface area contributed by atoms with Gasteiger partial charge in [0.2, 0.25) is 0 Å². The molecule has 0 atom stereocenters. The monoisotopic (exact) mass is 164 g/mol. The quantitative estimate of drug-likeness (QED) is 0.508. The van der Waals surface area contributed by atoms with Crippen molar-refractivity contribution >= 4 is 35.7 Å². The van der Waals surface area contributed by atoms with Crippen LogP contribution in [0.2, 0.25) is 0 Å². The van der Waals surface area contributed by atoms with E-state index in [0.717, 1.165) is 9.67 Å². The zero-order valence-corrected chi connectivity index (χ0v) is 6.62. The predicted molar refractivity (Wildman–Crippen MR) is 39.1 cm³/mol. The number of H-pyrrole nitrogens is 1. The van der Waals surface area contributed by atoms with E-state index in [-0.39, 0.29) is 0 Å². The van der Waals surface area contributed by atoms with Gasteiger partial charge in [-0.25, -0.2) is 0 Å². The van der Waals surface area contributed by atoms with E-state index in [2.05, 4.69) is 8.75 Å². The maximum Gasteiger partial charge on any atom is 0.147 e. The first-order valence-corrected chi connectivity index (χ1v) is 4.33. The lowest BCUT2D eigenvalue weighted by atomic mass is 10.9. The summed E-state index contributed by atoms with van der Waals surface area (Å²) in [5.41, 5.74) is 0. The molecule has 0 aliphatic heterocycles. The molecule has 1 aromatic heterocycles. The van der Waals surface area contributed by atoms with Crippen LogP contribution in [0.25, 0.3) is 0 Å². The van der Waals surface area contributed by atoms with Crippen molar-refractivity contribution < 1.29 is 0 Å². The standard InChI is InChI=1S/C3H4N2S3/c1-7-3-2(6)4-8-5-3/h1H3,(H,4,6). The molecule has 0 aliphatic carbocycles. The van der Waals surface area contributed by atoms with E-state index in [4.69, 9.17) is 12.2 Å². The highest BCUT2D eigenvalue weighted by Gasteiger charge is 1.92. The van der Waals surface area contributed by atoms with Gasteiger partial charge in [0.25, 0.3) is 0 Å². The summed E-state index contributed by atoms with van der Waals surface area (Å²) in [5.74, 6) is 0. The van der Waals surface area contributed by atoms with Gasteiger partial charge < -0.3 is 0 Å². The minimum Gasteiger partial charge on any atom is -0.284 e. The van der Waals surface area contributed by atoms with Gasteiger partial charge in [-0.1, -0.05) is 12.2 Å². The third kappa shape index (κ3) is 1.10. The number of rotatable bonds is 1. The summed E-state index contributed by atoms with van der Waals surface area (Å²) < 4.78 is 7.58. The van der Waals surface area contributed by atoms with Crippen LogP contribution in [0.1, 0.15) is 0 Å². The van der Waals surface area contributed by atoms with Crippen molar-refractivity contribution in [1.29, 1.82) is 0 Å². The van der Waals surface area contributed by atoms with E-state index in [1.807, 2.05) is 6.26 Å². The Morgan fingerprint density at radius 1 is 1.88 bits per heavy atom. The topological polar surface area (TPSA) is 28.7 Å². The molecule has 0 saturated heterocycles. The first-order valence-electron chi connectivity index (χ1n) is 1.93. The Kier molecular flexibility index (Phi) is 2.04. The van der Waals surface area contributed by atoms with Gasteiger partial charge in [-0.15, -0.1) is 11.8 Å². The molecule has 0 aromatic carbocycles. The molecule has 8 heavy (non-hydrogen) atoms. The minimum atomic E-state index is 0.752. The van der Waals surface area contributed by atoms with Crippen molar-refractivity contribution in [2.24, 2.45) is 0 Å². The molecular weight excluding hydrogens is 160 g/mol. The molecule has 0 radical (unpaired) electrons. The Bertz CT molecular complexity index is 212. The molecule has 0 saturated carbocycles. The minimum absolute atomic E-state index is 0.752. The molecule has 1 rings (SSSR count). The van der Waals surface area contributed by atoms with Gasteiger partial charge in [-0.05, 0) is 6.26 Å². The van der Waals surface area contributed by atoms with Gasteiger partial charge in [0.15, 0.2) is 0 Å². The van der Waals surface area contributed by atoms with Crippen LogP contribution in [-0.2, 0) is 0 Å². The maximum atomic E-state index is 4.86. The highest BCUT2D eigenvalue weighted by atomic mass is 32.2. The predicted octanol–water partition coefficient (Wildman–Crippen LogP) is 1.92. The second-order valence-electron chi connectivity index (χ2n) is 1.12. The lowest BCUT2D eigenvalue weighted by Crippen LogP contribution is -1.63. The Labute approximate surface area is 60.6 Å². The first kappa shape index (κ1) is 6.25. The van der Waals surface area contributed by atoms with Crippen LogP contribution < -0.4 is 0 Å². The fourth-order valence-corrected chi connectivity index (χ4v) is 1.90. The highest BCUT2D eigenvalue weighted by Crippen LogP contribution is 2.12. The van der Waals surface area contributed by atoms with E-state index in [1.54, 1.807) is 11.8 Å². The lowest BCUT2D eigenvalue weighted by molar-refractivity contribution is 1.24. The zero-order chi connectivity index (χ0) is 5.98. The van der Waals surface area contributed by atoms with E-state index < -0.39 is 0 Å². The normalized spacial score (nSPS) is 9.62. The molecule has 5 heteroatoms. The lowest BCUT2D eigenvalue weighted by Gasteiger charge is -1.77. The molecule has 0 aliphatic rings. The smallest absolute Gasteiger partial charge is 0.147 e. The molecule has 0 spiro atoms. The molecule has 1 aromatic rings. The largest absolute Gasteiger partial charge is 0.284 e. The van der Waals surface area contributed by atoms with Crippen molar-refractivity contribution in [1.82, 2.24) is 8.75 Å². The summed E-state index contributed by atoms with van der Waals surface area (Å²) in [6.07, 6.45) is 1.96. The van der Waals surface area contributed by atoms with Gasteiger partial charge in [0.1, 0.15) is 9.67 Å². The molecule has 2 nitrogen and oxygen atoms in total. The second-order valence-corrected chi connectivity index (χ2v) is 2.90. The summed E-state index contributed by atoms with van der Waals surface area (Å²) in [6, 6.07) is 0. The third-order valence-electron chi connectivity index (χ3n) is 0.654. The summed E-state index contributed by atoms with van der Waals surface area (Å²) in [6.45, 7) is 0. The van der Waals surface area contributed by atoms with Crippen LogP contribution in [0.15, 0.2) is 5.03 Å². The van der Waals surface area contributed by atoms with Crippen molar-refractivity contribution in [2.45, 2.75) is 5.03 Å². The van der Waals surface area contributed by atoms with Gasteiger partial charge in [0.05, 0.1) is 0 Å². The number of hydrogen-bond acceptors (Lipinski definition) is 4. The molecule has 0 fully saturated rings. The fraction of sp³-hybridized carbons (Fsp3) is 0.333. The van der Waals surface area contributed by atoms with Crippen molar-refractivity contribution in [3.8, 4) is 0 Å². The summed E-state index contributed by atoms with van der Waals surface area (Å²) in [4.78, 5) is 0. The third-order valence-corrected chi connectivity index (χ3v) is 2.58. The molecule has 1 heterocycles. The first-order chi connectivity index (χ1) is 3.84. The SMILES string of the molecule is CSc1ns[nH]c1=S. The van der Waals surface area contributed by atoms with Crippen LogP contribution >= 0.6 is 35.7 Å². The fourth-order valence-electron chi connectivity index (χ4n) is 0.321. The van der Waals surface area contributed by atoms with Crippen LogP contribution in [0.3, 0.4) is 0 Å². The number of thioether (sulfide) groups is 1.